The van der Waals surface area contributed by atoms with Crippen LogP contribution in [-0.4, -0.2) is 23.7 Å². The van der Waals surface area contributed by atoms with E-state index in [2.05, 4.69) is 5.32 Å². The first-order chi connectivity index (χ1) is 10.6. The molecule has 0 radical (unpaired) electrons. The van der Waals surface area contributed by atoms with Crippen molar-refractivity contribution in [3.63, 3.8) is 0 Å². The number of ether oxygens (including phenoxy) is 1. The van der Waals surface area contributed by atoms with E-state index >= 15 is 0 Å². The molecule has 3 rings (SSSR count). The molecule has 2 atom stereocenters. The summed E-state index contributed by atoms with van der Waals surface area (Å²) in [5.74, 6) is 0. The molecule has 2 aliphatic carbocycles. The number of nitro groups is 1. The third-order valence-corrected chi connectivity index (χ3v) is 5.09. The molecular weight excluding hydrogens is 282 g/mol. The van der Waals surface area contributed by atoms with Gasteiger partial charge in [0.25, 0.3) is 5.69 Å². The quantitative estimate of drug-likeness (QED) is 0.666. The van der Waals surface area contributed by atoms with Crippen LogP contribution in [0.3, 0.4) is 0 Å². The smallest absolute Gasteiger partial charge is 0.287 e. The Labute approximate surface area is 129 Å². The van der Waals surface area contributed by atoms with Crippen molar-refractivity contribution in [1.29, 1.82) is 5.26 Å². The molecule has 0 saturated heterocycles. The molecule has 1 aromatic rings. The Morgan fingerprint density at radius 1 is 1.55 bits per heavy atom. The summed E-state index contributed by atoms with van der Waals surface area (Å²) < 4.78 is 5.82. The maximum Gasteiger partial charge on any atom is 0.287 e. The standard InChI is InChI=1S/C16H19N3O3/c1-2-22-15-9-14(16(15)6-3-7-16)18-12-4-5-13(19(20)21)11(8-12)10-17/h4-5,8,14-15,18H,2-3,6-7,9H2,1H3/t14-,15-/m0/s1. The van der Waals surface area contributed by atoms with E-state index in [0.29, 0.717) is 12.1 Å². The van der Waals surface area contributed by atoms with Gasteiger partial charge in [-0.15, -0.1) is 0 Å². The first kappa shape index (κ1) is 14.8. The Kier molecular flexibility index (Phi) is 3.75. The van der Waals surface area contributed by atoms with Crippen molar-refractivity contribution < 1.29 is 9.66 Å². The van der Waals surface area contributed by atoms with Crippen LogP contribution in [0.4, 0.5) is 11.4 Å². The van der Waals surface area contributed by atoms with E-state index in [1.54, 1.807) is 12.1 Å². The number of hydrogen-bond donors (Lipinski definition) is 1. The second-order valence-corrected chi connectivity index (χ2v) is 6.06. The third kappa shape index (κ3) is 2.22. The molecule has 0 unspecified atom stereocenters. The number of nitro benzene ring substituents is 1. The Hall–Kier alpha value is -2.13. The molecule has 1 spiro atoms. The number of hydrogen-bond acceptors (Lipinski definition) is 5. The van der Waals surface area contributed by atoms with Gasteiger partial charge in [-0.3, -0.25) is 10.1 Å². The highest BCUT2D eigenvalue weighted by atomic mass is 16.6. The summed E-state index contributed by atoms with van der Waals surface area (Å²) in [5, 5.41) is 23.4. The summed E-state index contributed by atoms with van der Waals surface area (Å²) in [5.41, 5.74) is 0.934. The lowest BCUT2D eigenvalue weighted by Crippen LogP contribution is -2.64. The van der Waals surface area contributed by atoms with Crippen molar-refractivity contribution in [1.82, 2.24) is 0 Å². The van der Waals surface area contributed by atoms with E-state index in [-0.39, 0.29) is 16.7 Å². The highest BCUT2D eigenvalue weighted by molar-refractivity contribution is 5.59. The van der Waals surface area contributed by atoms with Gasteiger partial charge >= 0.3 is 0 Å². The van der Waals surface area contributed by atoms with Crippen LogP contribution in [0.2, 0.25) is 0 Å². The molecule has 2 saturated carbocycles. The maximum atomic E-state index is 10.9. The molecule has 2 fully saturated rings. The van der Waals surface area contributed by atoms with Gasteiger partial charge in [-0.25, -0.2) is 0 Å². The fourth-order valence-electron chi connectivity index (χ4n) is 3.72. The van der Waals surface area contributed by atoms with E-state index < -0.39 is 4.92 Å². The summed E-state index contributed by atoms with van der Waals surface area (Å²) in [6.07, 6.45) is 4.82. The summed E-state index contributed by atoms with van der Waals surface area (Å²) in [7, 11) is 0. The van der Waals surface area contributed by atoms with E-state index in [4.69, 9.17) is 10.00 Å². The van der Waals surface area contributed by atoms with Crippen LogP contribution in [-0.2, 0) is 4.74 Å². The van der Waals surface area contributed by atoms with Crippen molar-refractivity contribution >= 4 is 11.4 Å². The van der Waals surface area contributed by atoms with Crippen molar-refractivity contribution in [2.45, 2.75) is 44.8 Å². The molecule has 6 nitrogen and oxygen atoms in total. The first-order valence-electron chi connectivity index (χ1n) is 7.67. The summed E-state index contributed by atoms with van der Waals surface area (Å²) in [6, 6.07) is 6.87. The predicted molar refractivity (Wildman–Crippen MR) is 81.5 cm³/mol. The van der Waals surface area contributed by atoms with Gasteiger partial charge in [0.15, 0.2) is 0 Å². The van der Waals surface area contributed by atoms with E-state index in [1.807, 2.05) is 13.0 Å². The van der Waals surface area contributed by atoms with Crippen LogP contribution in [0.1, 0.15) is 38.2 Å². The largest absolute Gasteiger partial charge is 0.382 e. The Morgan fingerprint density at radius 2 is 2.32 bits per heavy atom. The molecule has 0 aromatic heterocycles. The SMILES string of the molecule is CCO[C@H]1C[C@H](Nc2ccc([N+](=O)[O-])c(C#N)c2)C12CCC2. The number of nitrogens with one attached hydrogen (secondary N) is 1. The molecule has 1 aromatic carbocycles. The first-order valence-corrected chi connectivity index (χ1v) is 7.67. The molecule has 116 valence electrons. The lowest BCUT2D eigenvalue weighted by molar-refractivity contribution is -0.385. The van der Waals surface area contributed by atoms with Crippen LogP contribution in [0, 0.1) is 26.9 Å². The lowest BCUT2D eigenvalue weighted by atomic mass is 9.51. The molecule has 2 aliphatic rings. The Balaban J connectivity index is 1.75. The van der Waals surface area contributed by atoms with Gasteiger partial charge < -0.3 is 10.1 Å². The number of benzene rings is 1. The van der Waals surface area contributed by atoms with Gasteiger partial charge in [0, 0.05) is 29.8 Å². The van der Waals surface area contributed by atoms with Crippen molar-refractivity contribution in [3.8, 4) is 6.07 Å². The molecule has 0 heterocycles. The molecule has 0 amide bonds. The van der Waals surface area contributed by atoms with Crippen molar-refractivity contribution in [2.24, 2.45) is 5.41 Å². The van der Waals surface area contributed by atoms with Gasteiger partial charge in [-0.05, 0) is 38.3 Å². The van der Waals surface area contributed by atoms with Crippen LogP contribution in [0.5, 0.6) is 0 Å². The number of anilines is 1. The molecule has 0 aliphatic heterocycles. The highest BCUT2D eigenvalue weighted by Crippen LogP contribution is 2.58. The normalized spacial score (nSPS) is 24.9. The highest BCUT2D eigenvalue weighted by Gasteiger charge is 2.58. The fraction of sp³-hybridized carbons (Fsp3) is 0.562. The zero-order valence-electron chi connectivity index (χ0n) is 12.5. The van der Waals surface area contributed by atoms with Crippen LogP contribution in [0.15, 0.2) is 18.2 Å². The van der Waals surface area contributed by atoms with Gasteiger partial charge in [0.1, 0.15) is 11.6 Å². The zero-order chi connectivity index (χ0) is 15.7. The van der Waals surface area contributed by atoms with E-state index in [9.17, 15) is 10.1 Å². The average molecular weight is 301 g/mol. The van der Waals surface area contributed by atoms with Crippen LogP contribution in [0.25, 0.3) is 0 Å². The summed E-state index contributed by atoms with van der Waals surface area (Å²) in [4.78, 5) is 10.3. The van der Waals surface area contributed by atoms with Gasteiger partial charge in [-0.2, -0.15) is 5.26 Å². The number of nitriles is 1. The minimum Gasteiger partial charge on any atom is -0.382 e. The predicted octanol–water partition coefficient (Wildman–Crippen LogP) is 3.23. The average Bonchev–Trinajstić information content (AvgIpc) is 2.43. The third-order valence-electron chi connectivity index (χ3n) is 5.09. The summed E-state index contributed by atoms with van der Waals surface area (Å²) >= 11 is 0. The minimum atomic E-state index is -0.524. The monoisotopic (exact) mass is 301 g/mol. The van der Waals surface area contributed by atoms with Crippen LogP contribution >= 0.6 is 0 Å². The topological polar surface area (TPSA) is 88.2 Å². The Bertz CT molecular complexity index is 634. The van der Waals surface area contributed by atoms with E-state index in [0.717, 1.165) is 31.6 Å². The fourth-order valence-corrected chi connectivity index (χ4v) is 3.72. The molecule has 6 heteroatoms. The van der Waals surface area contributed by atoms with Crippen molar-refractivity contribution in [3.05, 3.63) is 33.9 Å². The zero-order valence-corrected chi connectivity index (χ0v) is 12.5. The number of nitrogens with zero attached hydrogens (tertiary/aromatic N) is 2. The number of rotatable bonds is 5. The van der Waals surface area contributed by atoms with E-state index in [1.165, 1.54) is 12.5 Å². The second kappa shape index (κ2) is 5.58. The molecule has 1 N–H and O–H groups in total. The summed E-state index contributed by atoms with van der Waals surface area (Å²) in [6.45, 7) is 2.75. The molecule has 0 bridgehead atoms. The second-order valence-electron chi connectivity index (χ2n) is 6.06. The van der Waals surface area contributed by atoms with Gasteiger partial charge in [0.2, 0.25) is 0 Å². The van der Waals surface area contributed by atoms with Gasteiger partial charge in [-0.1, -0.05) is 6.42 Å². The lowest BCUT2D eigenvalue weighted by Gasteiger charge is -2.61. The van der Waals surface area contributed by atoms with Crippen LogP contribution < -0.4 is 5.32 Å². The van der Waals surface area contributed by atoms with Crippen molar-refractivity contribution in [2.75, 3.05) is 11.9 Å². The minimum absolute atomic E-state index is 0.0957. The molecular formula is C16H19N3O3. The van der Waals surface area contributed by atoms with Gasteiger partial charge in [0.05, 0.1) is 11.0 Å². The maximum absolute atomic E-state index is 10.9. The molecule has 22 heavy (non-hydrogen) atoms. The Morgan fingerprint density at radius 3 is 2.86 bits per heavy atom.